The van der Waals surface area contributed by atoms with Gasteiger partial charge in [-0.2, -0.15) is 0 Å². The molecule has 0 fully saturated rings. The molecule has 0 atom stereocenters. The summed E-state index contributed by atoms with van der Waals surface area (Å²) in [5.74, 6) is 1.43. The van der Waals surface area contributed by atoms with Crippen LogP contribution in [0.15, 0.2) is 42.6 Å². The molecule has 2 amide bonds. The number of urea groups is 1. The van der Waals surface area contributed by atoms with E-state index in [0.717, 1.165) is 29.8 Å². The van der Waals surface area contributed by atoms with E-state index in [4.69, 9.17) is 9.47 Å². The Hall–Kier alpha value is -2.76. The van der Waals surface area contributed by atoms with Crippen molar-refractivity contribution in [3.05, 3.63) is 53.9 Å². The van der Waals surface area contributed by atoms with Crippen LogP contribution < -0.4 is 20.1 Å². The van der Waals surface area contributed by atoms with Gasteiger partial charge in [0.1, 0.15) is 0 Å². The molecular weight excluding hydrogens is 306 g/mol. The maximum atomic E-state index is 11.7. The summed E-state index contributed by atoms with van der Waals surface area (Å²) < 4.78 is 10.5. The van der Waals surface area contributed by atoms with E-state index in [1.165, 1.54) is 0 Å². The number of nitrogens with one attached hydrogen (secondary N) is 2. The van der Waals surface area contributed by atoms with Gasteiger partial charge in [-0.25, -0.2) is 4.79 Å². The zero-order valence-corrected chi connectivity index (χ0v) is 14.0. The van der Waals surface area contributed by atoms with Crippen molar-refractivity contribution in [3.63, 3.8) is 0 Å². The van der Waals surface area contributed by atoms with Crippen LogP contribution >= 0.6 is 0 Å². The van der Waals surface area contributed by atoms with Crippen molar-refractivity contribution in [1.82, 2.24) is 15.6 Å². The first kappa shape index (κ1) is 17.6. The number of aromatic nitrogens is 1. The van der Waals surface area contributed by atoms with E-state index < -0.39 is 0 Å². The topological polar surface area (TPSA) is 72.5 Å². The summed E-state index contributed by atoms with van der Waals surface area (Å²) in [5.41, 5.74) is 1.97. The number of benzene rings is 1. The first-order valence-electron chi connectivity index (χ1n) is 7.85. The second-order valence-electron chi connectivity index (χ2n) is 5.22. The minimum Gasteiger partial charge on any atom is -0.493 e. The van der Waals surface area contributed by atoms with Gasteiger partial charge in [0.25, 0.3) is 0 Å². The van der Waals surface area contributed by atoms with Gasteiger partial charge in [-0.1, -0.05) is 12.1 Å². The number of carbonyl (C=O) groups excluding carboxylic acids is 1. The van der Waals surface area contributed by atoms with Crippen LogP contribution in [-0.2, 0) is 13.0 Å². The molecule has 0 aliphatic carbocycles. The molecule has 24 heavy (non-hydrogen) atoms. The summed E-state index contributed by atoms with van der Waals surface area (Å²) in [7, 11) is 3.24. The fourth-order valence-electron chi connectivity index (χ4n) is 2.27. The molecule has 0 radical (unpaired) electrons. The number of aryl methyl sites for hydroxylation is 1. The summed E-state index contributed by atoms with van der Waals surface area (Å²) in [6.07, 6.45) is 3.39. The molecule has 0 spiro atoms. The molecule has 2 rings (SSSR count). The largest absolute Gasteiger partial charge is 0.493 e. The van der Waals surface area contributed by atoms with Gasteiger partial charge in [0.05, 0.1) is 26.5 Å². The van der Waals surface area contributed by atoms with E-state index in [0.29, 0.717) is 18.8 Å². The average molecular weight is 329 g/mol. The van der Waals surface area contributed by atoms with E-state index in [2.05, 4.69) is 15.6 Å². The summed E-state index contributed by atoms with van der Waals surface area (Å²) in [5, 5.41) is 5.62. The Morgan fingerprint density at radius 1 is 1.08 bits per heavy atom. The normalized spacial score (nSPS) is 10.1. The number of amides is 2. The number of rotatable bonds is 8. The van der Waals surface area contributed by atoms with Gasteiger partial charge < -0.3 is 20.1 Å². The van der Waals surface area contributed by atoms with Crippen molar-refractivity contribution >= 4 is 6.03 Å². The highest BCUT2D eigenvalue weighted by atomic mass is 16.5. The van der Waals surface area contributed by atoms with Crippen molar-refractivity contribution in [1.29, 1.82) is 0 Å². The predicted octanol–water partition coefficient (Wildman–Crippen LogP) is 2.53. The van der Waals surface area contributed by atoms with Crippen LogP contribution in [0.2, 0.25) is 0 Å². The fraction of sp³-hybridized carbons (Fsp3) is 0.333. The molecule has 1 heterocycles. The highest BCUT2D eigenvalue weighted by molar-refractivity contribution is 5.73. The van der Waals surface area contributed by atoms with Gasteiger partial charge in [0, 0.05) is 12.7 Å². The molecule has 2 aromatic rings. The second kappa shape index (κ2) is 9.39. The van der Waals surface area contributed by atoms with Crippen molar-refractivity contribution in [2.75, 3.05) is 20.8 Å². The maximum absolute atomic E-state index is 11.7. The number of methoxy groups -OCH3 is 2. The van der Waals surface area contributed by atoms with Gasteiger partial charge >= 0.3 is 6.03 Å². The lowest BCUT2D eigenvalue weighted by atomic mass is 10.1. The highest BCUT2D eigenvalue weighted by Gasteiger charge is 2.05. The van der Waals surface area contributed by atoms with Gasteiger partial charge in [-0.05, 0) is 42.7 Å². The van der Waals surface area contributed by atoms with Gasteiger partial charge in [0.2, 0.25) is 0 Å². The molecule has 1 aromatic carbocycles. The molecular formula is C18H23N3O3. The number of pyridine rings is 1. The zero-order chi connectivity index (χ0) is 17.2. The smallest absolute Gasteiger partial charge is 0.315 e. The van der Waals surface area contributed by atoms with E-state index in [-0.39, 0.29) is 6.03 Å². The van der Waals surface area contributed by atoms with E-state index in [9.17, 15) is 4.79 Å². The van der Waals surface area contributed by atoms with Crippen molar-refractivity contribution in [3.8, 4) is 11.5 Å². The van der Waals surface area contributed by atoms with Crippen LogP contribution in [0.1, 0.15) is 17.7 Å². The zero-order valence-electron chi connectivity index (χ0n) is 14.0. The van der Waals surface area contributed by atoms with Crippen LogP contribution in [0, 0.1) is 0 Å². The average Bonchev–Trinajstić information content (AvgIpc) is 2.64. The molecule has 0 aliphatic rings. The minimum atomic E-state index is -0.187. The molecule has 0 aliphatic heterocycles. The molecule has 1 aromatic heterocycles. The van der Waals surface area contributed by atoms with Crippen LogP contribution in [0.3, 0.4) is 0 Å². The number of carbonyl (C=O) groups is 1. The first-order valence-corrected chi connectivity index (χ1v) is 7.85. The first-order chi connectivity index (χ1) is 11.7. The number of nitrogens with zero attached hydrogens (tertiary/aromatic N) is 1. The standard InChI is InChI=1S/C18H23N3O3/c1-23-16-9-8-14(12-17(16)24-2)6-5-11-20-18(22)21-13-15-7-3-4-10-19-15/h3-4,7-10,12H,5-6,11,13H2,1-2H3,(H2,20,21,22). The monoisotopic (exact) mass is 329 g/mol. The van der Waals surface area contributed by atoms with E-state index in [1.807, 2.05) is 36.4 Å². The van der Waals surface area contributed by atoms with Gasteiger partial charge in [-0.15, -0.1) is 0 Å². The van der Waals surface area contributed by atoms with Crippen LogP contribution in [0.25, 0.3) is 0 Å². The van der Waals surface area contributed by atoms with Crippen molar-refractivity contribution in [2.24, 2.45) is 0 Å². The third-order valence-corrected chi connectivity index (χ3v) is 3.53. The summed E-state index contributed by atoms with van der Waals surface area (Å²) in [6.45, 7) is 1.02. The molecule has 2 N–H and O–H groups in total. The molecule has 6 nitrogen and oxygen atoms in total. The third-order valence-electron chi connectivity index (χ3n) is 3.53. The lowest BCUT2D eigenvalue weighted by molar-refractivity contribution is 0.240. The second-order valence-corrected chi connectivity index (χ2v) is 5.22. The Morgan fingerprint density at radius 3 is 2.62 bits per heavy atom. The Labute approximate surface area is 142 Å². The number of hydrogen-bond donors (Lipinski definition) is 2. The van der Waals surface area contributed by atoms with Crippen LogP contribution in [0.4, 0.5) is 4.79 Å². The summed E-state index contributed by atoms with van der Waals surface area (Å²) in [4.78, 5) is 15.9. The Morgan fingerprint density at radius 2 is 1.92 bits per heavy atom. The Kier molecular flexibility index (Phi) is 6.89. The van der Waals surface area contributed by atoms with E-state index in [1.54, 1.807) is 20.4 Å². The van der Waals surface area contributed by atoms with E-state index >= 15 is 0 Å². The van der Waals surface area contributed by atoms with Crippen LogP contribution in [-0.4, -0.2) is 31.8 Å². The molecule has 6 heteroatoms. The maximum Gasteiger partial charge on any atom is 0.315 e. The lowest BCUT2D eigenvalue weighted by Crippen LogP contribution is -2.35. The Bertz CT molecular complexity index is 647. The SMILES string of the molecule is COc1ccc(CCCNC(=O)NCc2ccccn2)cc1OC. The van der Waals surface area contributed by atoms with Crippen molar-refractivity contribution < 1.29 is 14.3 Å². The summed E-state index contributed by atoms with van der Waals surface area (Å²) in [6, 6.07) is 11.3. The molecule has 0 saturated carbocycles. The quantitative estimate of drug-likeness (QED) is 0.730. The molecule has 0 bridgehead atoms. The summed E-state index contributed by atoms with van der Waals surface area (Å²) >= 11 is 0. The predicted molar refractivity (Wildman–Crippen MR) is 92.3 cm³/mol. The minimum absolute atomic E-state index is 0.187. The highest BCUT2D eigenvalue weighted by Crippen LogP contribution is 2.27. The molecule has 0 unspecified atom stereocenters. The van der Waals surface area contributed by atoms with Crippen LogP contribution in [0.5, 0.6) is 11.5 Å². The Balaban J connectivity index is 1.68. The number of ether oxygens (including phenoxy) is 2. The van der Waals surface area contributed by atoms with Gasteiger partial charge in [-0.3, -0.25) is 4.98 Å². The molecule has 128 valence electrons. The van der Waals surface area contributed by atoms with Gasteiger partial charge in [0.15, 0.2) is 11.5 Å². The fourth-order valence-corrected chi connectivity index (χ4v) is 2.27. The third kappa shape index (κ3) is 5.46. The number of hydrogen-bond acceptors (Lipinski definition) is 4. The lowest BCUT2D eigenvalue weighted by Gasteiger charge is -2.10. The molecule has 0 saturated heterocycles. The van der Waals surface area contributed by atoms with Crippen molar-refractivity contribution in [2.45, 2.75) is 19.4 Å².